The summed E-state index contributed by atoms with van der Waals surface area (Å²) in [5.41, 5.74) is 0. The second-order valence-electron chi connectivity index (χ2n) is 0.577. The molecule has 5 heavy (non-hydrogen) atoms. The average Bonchev–Trinajstić information content (AvgIpc) is 0.918. The number of rotatable bonds is 0. The van der Waals surface area contributed by atoms with Crippen LogP contribution in [-0.2, 0) is 17.1 Å². The van der Waals surface area contributed by atoms with Crippen molar-refractivity contribution in [2.24, 2.45) is 0 Å². The van der Waals surface area contributed by atoms with Crippen LogP contribution in [-0.4, -0.2) is 0 Å². The second kappa shape index (κ2) is 24.2. The van der Waals surface area contributed by atoms with Gasteiger partial charge in [0.1, 0.15) is 0 Å². The van der Waals surface area contributed by atoms with Crippen molar-refractivity contribution in [2.45, 2.75) is 13.8 Å². The van der Waals surface area contributed by atoms with Crippen LogP contribution >= 0.6 is 0 Å². The summed E-state index contributed by atoms with van der Waals surface area (Å²) in [5.74, 6) is 0. The molecule has 0 amide bonds. The van der Waals surface area contributed by atoms with Crippen LogP contribution in [0.25, 0.3) is 0 Å². The van der Waals surface area contributed by atoms with Crippen LogP contribution in [0.15, 0.2) is 0 Å². The van der Waals surface area contributed by atoms with Gasteiger partial charge in [-0.3, -0.25) is 0 Å². The van der Waals surface area contributed by atoms with Crippen LogP contribution in [0.1, 0.15) is 13.8 Å². The first-order valence-corrected chi connectivity index (χ1v) is 1.15. The maximum atomic E-state index is 2.00. The zero-order valence-corrected chi connectivity index (χ0v) is 4.82. The summed E-state index contributed by atoms with van der Waals surface area (Å²) in [4.78, 5) is 0. The fourth-order valence-electron chi connectivity index (χ4n) is 0. The van der Waals surface area contributed by atoms with Crippen LogP contribution < -0.4 is 0 Å². The predicted octanol–water partition coefficient (Wildman–Crippen LogP) is 1.68. The van der Waals surface area contributed by atoms with E-state index in [4.69, 9.17) is 0 Å². The van der Waals surface area contributed by atoms with Crippen molar-refractivity contribution in [3.63, 3.8) is 0 Å². The molecule has 0 saturated heterocycles. The van der Waals surface area contributed by atoms with Gasteiger partial charge in [-0.05, 0) is 0 Å². The van der Waals surface area contributed by atoms with Crippen molar-refractivity contribution in [1.82, 2.24) is 0 Å². The Morgan fingerprint density at radius 2 is 1.20 bits per heavy atom. The normalized spacial score (nSPS) is 3.60. The molecule has 1 radical (unpaired) electrons. The van der Waals surface area contributed by atoms with Crippen LogP contribution in [0.3, 0.4) is 0 Å². The largest absolute Gasteiger partial charge is 2.00 e. The molecule has 0 saturated carbocycles. The van der Waals surface area contributed by atoms with E-state index in [1.807, 2.05) is 20.3 Å². The predicted molar refractivity (Wildman–Crippen MR) is 22.1 cm³/mol. The summed E-state index contributed by atoms with van der Waals surface area (Å²) in [6, 6.07) is 0. The van der Waals surface area contributed by atoms with Gasteiger partial charge in [-0.1, -0.05) is 0 Å². The zero-order chi connectivity index (χ0) is 2.71. The van der Waals surface area contributed by atoms with E-state index in [2.05, 4.69) is 0 Å². The van der Waals surface area contributed by atoms with E-state index in [1.165, 1.54) is 0 Å². The average molecular weight is 122 g/mol. The Balaban J connectivity index is -0.0000000200. The van der Waals surface area contributed by atoms with Crippen LogP contribution in [0.4, 0.5) is 0 Å². The van der Waals surface area contributed by atoms with Crippen LogP contribution in [0.5, 0.6) is 0 Å². The first kappa shape index (κ1) is 17.8. The number of hydrogen-bond acceptors (Lipinski definition) is 0. The smallest absolute Gasteiger partial charge is 0.358 e. The van der Waals surface area contributed by atoms with E-state index in [0.29, 0.717) is 0 Å². The quantitative estimate of drug-likeness (QED) is 0.338. The Labute approximate surface area is 45.4 Å². The molecule has 0 unspecified atom stereocenters. The fraction of sp³-hybridized carbons (Fsp3) is 0.500. The molecule has 0 atom stereocenters. The Kier molecular flexibility index (Phi) is 86.1. The standard InChI is InChI=1S/C3H7.CH3.Cu/c1-3-2;;/h3H,1-2H3;1H3;/q2*-1;+2. The van der Waals surface area contributed by atoms with Gasteiger partial charge in [0.15, 0.2) is 0 Å². The van der Waals surface area contributed by atoms with Crippen molar-refractivity contribution < 1.29 is 17.1 Å². The molecule has 0 rings (SSSR count). The van der Waals surface area contributed by atoms with Crippen LogP contribution in [0.2, 0.25) is 0 Å². The molecule has 0 aliphatic rings. The molecule has 0 heterocycles. The maximum absolute atomic E-state index is 2.00. The molecule has 0 aromatic heterocycles. The van der Waals surface area contributed by atoms with Crippen molar-refractivity contribution in [3.05, 3.63) is 13.8 Å². The van der Waals surface area contributed by atoms with Crippen LogP contribution in [0, 0.1) is 13.8 Å². The summed E-state index contributed by atoms with van der Waals surface area (Å²) in [7, 11) is 0. The monoisotopic (exact) mass is 121 g/mol. The van der Waals surface area contributed by atoms with Gasteiger partial charge >= 0.3 is 17.1 Å². The minimum absolute atomic E-state index is 0. The van der Waals surface area contributed by atoms with Gasteiger partial charge in [-0.15, -0.1) is 0 Å². The van der Waals surface area contributed by atoms with Crippen molar-refractivity contribution in [2.75, 3.05) is 0 Å². The van der Waals surface area contributed by atoms with E-state index < -0.39 is 0 Å². The minimum atomic E-state index is 0. The third-order valence-corrected chi connectivity index (χ3v) is 0. The van der Waals surface area contributed by atoms with Gasteiger partial charge < -0.3 is 13.8 Å². The van der Waals surface area contributed by atoms with Gasteiger partial charge in [0.05, 0.1) is 0 Å². The second-order valence-corrected chi connectivity index (χ2v) is 0.577. The van der Waals surface area contributed by atoms with Gasteiger partial charge in [-0.25, -0.2) is 0 Å². The first-order chi connectivity index (χ1) is 1.41. The SMILES string of the molecule is C[CH-]C.[CH3-].[Cu+2]. The molecule has 0 nitrogen and oxygen atoms in total. The molecule has 0 fully saturated rings. The van der Waals surface area contributed by atoms with E-state index >= 15 is 0 Å². The Bertz CT molecular complexity index is 3.61. The van der Waals surface area contributed by atoms with Crippen molar-refractivity contribution >= 4 is 0 Å². The molecule has 0 spiro atoms. The molecular formula is C4H10Cu. The Hall–Kier alpha value is 0.519. The Morgan fingerprint density at radius 1 is 1.20 bits per heavy atom. The maximum Gasteiger partial charge on any atom is 2.00 e. The summed E-state index contributed by atoms with van der Waals surface area (Å²) < 4.78 is 0. The first-order valence-electron chi connectivity index (χ1n) is 1.15. The third-order valence-electron chi connectivity index (χ3n) is 0. The topological polar surface area (TPSA) is 0 Å². The van der Waals surface area contributed by atoms with E-state index in [1.54, 1.807) is 0 Å². The molecular weight excluding hydrogens is 112 g/mol. The number of hydrogen-bond donors (Lipinski definition) is 0. The zero-order valence-electron chi connectivity index (χ0n) is 3.88. The Morgan fingerprint density at radius 3 is 1.20 bits per heavy atom. The fourth-order valence-corrected chi connectivity index (χ4v) is 0. The molecule has 0 N–H and O–H groups in total. The molecule has 37 valence electrons. The van der Waals surface area contributed by atoms with Crippen molar-refractivity contribution in [1.29, 1.82) is 0 Å². The van der Waals surface area contributed by atoms with Gasteiger partial charge in [0.25, 0.3) is 0 Å². The van der Waals surface area contributed by atoms with Crippen molar-refractivity contribution in [3.8, 4) is 0 Å². The molecule has 0 aliphatic heterocycles. The van der Waals surface area contributed by atoms with E-state index in [9.17, 15) is 0 Å². The third kappa shape index (κ3) is 106. The van der Waals surface area contributed by atoms with Gasteiger partial charge in [0, 0.05) is 0 Å². The molecule has 0 bridgehead atoms. The summed E-state index contributed by atoms with van der Waals surface area (Å²) >= 11 is 0. The summed E-state index contributed by atoms with van der Waals surface area (Å²) in [6.07, 6.45) is 2.00. The van der Waals surface area contributed by atoms with E-state index in [0.717, 1.165) is 0 Å². The summed E-state index contributed by atoms with van der Waals surface area (Å²) in [5, 5.41) is 0. The molecule has 1 heteroatoms. The van der Waals surface area contributed by atoms with E-state index in [-0.39, 0.29) is 24.5 Å². The van der Waals surface area contributed by atoms with Gasteiger partial charge in [0.2, 0.25) is 0 Å². The minimum Gasteiger partial charge on any atom is -0.358 e. The molecule has 0 aromatic rings. The van der Waals surface area contributed by atoms with Gasteiger partial charge in [-0.2, -0.15) is 13.8 Å². The molecule has 0 aromatic carbocycles. The summed E-state index contributed by atoms with van der Waals surface area (Å²) in [6.45, 7) is 4.00. The molecule has 0 aliphatic carbocycles.